The number of carbonyl (C=O) groups excluding carboxylic acids is 2. The Hall–Kier alpha value is -2.21. The van der Waals surface area contributed by atoms with Crippen molar-refractivity contribution in [3.63, 3.8) is 0 Å². The molecule has 0 N–H and O–H groups in total. The highest BCUT2D eigenvalue weighted by Gasteiger charge is 2.19. The number of ketones is 1. The number of halogens is 1. The molecule has 0 atom stereocenters. The molecule has 0 aromatic heterocycles. The molecule has 5 nitrogen and oxygen atoms in total. The smallest absolute Gasteiger partial charge is 0.338 e. The molecule has 6 heteroatoms. The molecule has 1 heterocycles. The van der Waals surface area contributed by atoms with Gasteiger partial charge in [-0.3, -0.25) is 9.69 Å². The summed E-state index contributed by atoms with van der Waals surface area (Å²) in [5, 5.41) is 0.644. The Kier molecular flexibility index (Phi) is 7.81. The zero-order chi connectivity index (χ0) is 20.6. The Morgan fingerprint density at radius 1 is 0.897 bits per heavy atom. The predicted octanol–water partition coefficient (Wildman–Crippen LogP) is 3.56. The van der Waals surface area contributed by atoms with E-state index in [-0.39, 0.29) is 11.8 Å². The molecule has 29 heavy (non-hydrogen) atoms. The molecular formula is C23H27ClN2O3. The van der Waals surface area contributed by atoms with Gasteiger partial charge in [-0.2, -0.15) is 0 Å². The van der Waals surface area contributed by atoms with Crippen LogP contribution in [0, 0.1) is 0 Å². The first-order chi connectivity index (χ1) is 14.0. The van der Waals surface area contributed by atoms with Gasteiger partial charge in [-0.25, -0.2) is 4.79 Å². The van der Waals surface area contributed by atoms with Crippen molar-refractivity contribution in [1.29, 1.82) is 0 Å². The molecule has 1 aliphatic rings. The normalized spacial score (nSPS) is 15.2. The fourth-order valence-electron chi connectivity index (χ4n) is 3.41. The third-order valence-electron chi connectivity index (χ3n) is 5.18. The summed E-state index contributed by atoms with van der Waals surface area (Å²) in [7, 11) is 0. The Morgan fingerprint density at radius 3 is 2.10 bits per heavy atom. The van der Waals surface area contributed by atoms with Crippen LogP contribution in [0.4, 0.5) is 0 Å². The summed E-state index contributed by atoms with van der Waals surface area (Å²) in [6.07, 6.45) is 0.937. The molecule has 0 unspecified atom stereocenters. The average molecular weight is 415 g/mol. The van der Waals surface area contributed by atoms with Gasteiger partial charge >= 0.3 is 5.97 Å². The molecule has 2 aromatic carbocycles. The van der Waals surface area contributed by atoms with Gasteiger partial charge in [0.25, 0.3) is 0 Å². The van der Waals surface area contributed by atoms with E-state index >= 15 is 0 Å². The van der Waals surface area contributed by atoms with Crippen LogP contribution in [0.1, 0.15) is 33.2 Å². The summed E-state index contributed by atoms with van der Waals surface area (Å²) in [4.78, 5) is 28.7. The maximum Gasteiger partial charge on any atom is 0.338 e. The number of hydrogen-bond donors (Lipinski definition) is 0. The molecule has 154 valence electrons. The second-order valence-corrected chi connectivity index (χ2v) is 7.65. The fourth-order valence-corrected chi connectivity index (χ4v) is 3.54. The van der Waals surface area contributed by atoms with E-state index in [4.69, 9.17) is 16.3 Å². The van der Waals surface area contributed by atoms with Crippen molar-refractivity contribution < 1.29 is 14.3 Å². The number of ether oxygens (including phenoxy) is 1. The van der Waals surface area contributed by atoms with E-state index < -0.39 is 0 Å². The zero-order valence-electron chi connectivity index (χ0n) is 16.8. The SMILES string of the molecule is CCOC(=O)c1ccc(CCN2CCN(CC(=O)c3ccc(Cl)cc3)CC2)cc1. The molecule has 1 aliphatic heterocycles. The molecule has 0 radical (unpaired) electrons. The quantitative estimate of drug-likeness (QED) is 0.488. The van der Waals surface area contributed by atoms with E-state index in [1.165, 1.54) is 5.56 Å². The predicted molar refractivity (Wildman–Crippen MR) is 115 cm³/mol. The van der Waals surface area contributed by atoms with Gasteiger partial charge in [0.2, 0.25) is 0 Å². The van der Waals surface area contributed by atoms with Gasteiger partial charge in [-0.05, 0) is 55.3 Å². The summed E-state index contributed by atoms with van der Waals surface area (Å²) >= 11 is 5.88. The lowest BCUT2D eigenvalue weighted by Gasteiger charge is -2.34. The lowest BCUT2D eigenvalue weighted by Crippen LogP contribution is -2.48. The molecule has 0 saturated carbocycles. The summed E-state index contributed by atoms with van der Waals surface area (Å²) < 4.78 is 5.01. The lowest BCUT2D eigenvalue weighted by atomic mass is 10.1. The number of benzene rings is 2. The van der Waals surface area contributed by atoms with E-state index in [0.717, 1.165) is 39.1 Å². The van der Waals surface area contributed by atoms with Crippen LogP contribution >= 0.6 is 11.6 Å². The van der Waals surface area contributed by atoms with Gasteiger partial charge < -0.3 is 9.64 Å². The van der Waals surface area contributed by atoms with Gasteiger partial charge in [0.05, 0.1) is 18.7 Å². The molecule has 0 amide bonds. The lowest BCUT2D eigenvalue weighted by molar-refractivity contribution is 0.0526. The molecule has 3 rings (SSSR count). The van der Waals surface area contributed by atoms with Crippen molar-refractivity contribution in [1.82, 2.24) is 9.80 Å². The highest BCUT2D eigenvalue weighted by Crippen LogP contribution is 2.12. The standard InChI is InChI=1S/C23H27ClN2O3/c1-2-29-23(28)20-5-3-18(4-6-20)11-12-25-13-15-26(16-14-25)17-22(27)19-7-9-21(24)10-8-19/h3-10H,2,11-17H2,1H3. The van der Waals surface area contributed by atoms with Crippen molar-refractivity contribution in [3.8, 4) is 0 Å². The van der Waals surface area contributed by atoms with Gasteiger partial charge in [-0.15, -0.1) is 0 Å². The van der Waals surface area contributed by atoms with Crippen LogP contribution in [-0.2, 0) is 11.2 Å². The van der Waals surface area contributed by atoms with Crippen molar-refractivity contribution in [2.75, 3.05) is 45.9 Å². The minimum absolute atomic E-state index is 0.136. The third-order valence-corrected chi connectivity index (χ3v) is 5.43. The number of piperazine rings is 1. The van der Waals surface area contributed by atoms with Crippen LogP contribution in [0.25, 0.3) is 0 Å². The van der Waals surface area contributed by atoms with E-state index in [9.17, 15) is 9.59 Å². The van der Waals surface area contributed by atoms with Crippen LogP contribution < -0.4 is 0 Å². The minimum atomic E-state index is -0.275. The number of nitrogens with zero attached hydrogens (tertiary/aromatic N) is 2. The molecule has 1 fully saturated rings. The molecule has 0 aliphatic carbocycles. The molecule has 0 spiro atoms. The highest BCUT2D eigenvalue weighted by atomic mass is 35.5. The Balaban J connectivity index is 1.40. The van der Waals surface area contributed by atoms with Gasteiger partial charge in [-0.1, -0.05) is 23.7 Å². The maximum absolute atomic E-state index is 12.4. The number of esters is 1. The minimum Gasteiger partial charge on any atom is -0.462 e. The maximum atomic E-state index is 12.4. The van der Waals surface area contributed by atoms with Crippen LogP contribution in [0.2, 0.25) is 5.02 Å². The first-order valence-corrected chi connectivity index (χ1v) is 10.4. The summed E-state index contributed by atoms with van der Waals surface area (Å²) in [6, 6.07) is 14.7. The Bertz CT molecular complexity index is 813. The number of carbonyl (C=O) groups is 2. The Labute approximate surface area is 177 Å². The van der Waals surface area contributed by atoms with Crippen LogP contribution in [0.5, 0.6) is 0 Å². The fraction of sp³-hybridized carbons (Fsp3) is 0.391. The monoisotopic (exact) mass is 414 g/mol. The largest absolute Gasteiger partial charge is 0.462 e. The highest BCUT2D eigenvalue weighted by molar-refractivity contribution is 6.30. The summed E-state index contributed by atoms with van der Waals surface area (Å²) in [6.45, 7) is 7.30. The number of hydrogen-bond acceptors (Lipinski definition) is 5. The van der Waals surface area contributed by atoms with Crippen LogP contribution in [0.3, 0.4) is 0 Å². The van der Waals surface area contributed by atoms with Gasteiger partial charge in [0, 0.05) is 43.3 Å². The van der Waals surface area contributed by atoms with Crippen molar-refractivity contribution in [2.45, 2.75) is 13.3 Å². The topological polar surface area (TPSA) is 49.9 Å². The van der Waals surface area contributed by atoms with Crippen molar-refractivity contribution in [3.05, 3.63) is 70.2 Å². The van der Waals surface area contributed by atoms with E-state index in [1.807, 2.05) is 24.3 Å². The van der Waals surface area contributed by atoms with Gasteiger partial charge in [0.15, 0.2) is 5.78 Å². The van der Waals surface area contributed by atoms with E-state index in [1.54, 1.807) is 31.2 Å². The Morgan fingerprint density at radius 2 is 1.48 bits per heavy atom. The second kappa shape index (κ2) is 10.5. The van der Waals surface area contributed by atoms with Gasteiger partial charge in [0.1, 0.15) is 0 Å². The summed E-state index contributed by atoms with van der Waals surface area (Å²) in [5.41, 5.74) is 2.51. The average Bonchev–Trinajstić information content (AvgIpc) is 2.74. The van der Waals surface area contributed by atoms with E-state index in [2.05, 4.69) is 9.80 Å². The second-order valence-electron chi connectivity index (χ2n) is 7.22. The van der Waals surface area contributed by atoms with Crippen LogP contribution in [0.15, 0.2) is 48.5 Å². The molecule has 2 aromatic rings. The first-order valence-electron chi connectivity index (χ1n) is 10.0. The first kappa shape index (κ1) is 21.5. The molecule has 0 bridgehead atoms. The number of rotatable bonds is 8. The molecular weight excluding hydrogens is 388 g/mol. The summed E-state index contributed by atoms with van der Waals surface area (Å²) in [5.74, 6) is -0.139. The zero-order valence-corrected chi connectivity index (χ0v) is 17.5. The van der Waals surface area contributed by atoms with Crippen molar-refractivity contribution in [2.24, 2.45) is 0 Å². The third kappa shape index (κ3) is 6.39. The van der Waals surface area contributed by atoms with Crippen molar-refractivity contribution >= 4 is 23.4 Å². The number of Topliss-reactive ketones (excluding diaryl/α,β-unsaturated/α-hetero) is 1. The van der Waals surface area contributed by atoms with E-state index in [0.29, 0.717) is 29.3 Å². The molecule has 1 saturated heterocycles. The van der Waals surface area contributed by atoms with Crippen LogP contribution in [-0.4, -0.2) is 67.4 Å².